The number of benzene rings is 1. The van der Waals surface area contributed by atoms with Crippen LogP contribution in [0.2, 0.25) is 0 Å². The van der Waals surface area contributed by atoms with Gasteiger partial charge in [-0.3, -0.25) is 14.7 Å². The molecule has 24 heavy (non-hydrogen) atoms. The van der Waals surface area contributed by atoms with Gasteiger partial charge >= 0.3 is 0 Å². The molecule has 5 nitrogen and oxygen atoms in total. The predicted octanol–water partition coefficient (Wildman–Crippen LogP) is 2.07. The average Bonchev–Trinajstić information content (AvgIpc) is 3.11. The number of nitrogens with zero attached hydrogens (tertiary/aromatic N) is 3. The number of nitrogens with one attached hydrogen (secondary N) is 1. The molecule has 4 rings (SSSR count). The number of aromatic amines is 1. The summed E-state index contributed by atoms with van der Waals surface area (Å²) in [5.74, 6) is 0.492. The Labute approximate surface area is 140 Å². The van der Waals surface area contributed by atoms with Crippen LogP contribution < -0.4 is 10.5 Å². The first-order valence-corrected chi connectivity index (χ1v) is 8.53. The monoisotopic (exact) mass is 328 g/mol. The second-order valence-electron chi connectivity index (χ2n) is 6.60. The van der Waals surface area contributed by atoms with Crippen molar-refractivity contribution in [3.8, 4) is 0 Å². The van der Waals surface area contributed by atoms with Crippen molar-refractivity contribution in [2.75, 3.05) is 24.5 Å². The van der Waals surface area contributed by atoms with E-state index in [-0.39, 0.29) is 11.4 Å². The van der Waals surface area contributed by atoms with Gasteiger partial charge in [0, 0.05) is 38.3 Å². The number of rotatable bonds is 3. The number of H-pyrrole nitrogens is 1. The fraction of sp³-hybridized carbons (Fsp3) is 0.444. The van der Waals surface area contributed by atoms with E-state index >= 15 is 0 Å². The molecule has 0 amide bonds. The molecule has 0 spiro atoms. The maximum atomic E-state index is 13.0. The zero-order valence-corrected chi connectivity index (χ0v) is 13.6. The van der Waals surface area contributed by atoms with Gasteiger partial charge in [0.1, 0.15) is 5.82 Å². The van der Waals surface area contributed by atoms with Gasteiger partial charge in [-0.15, -0.1) is 0 Å². The molecule has 3 heterocycles. The average molecular weight is 328 g/mol. The Morgan fingerprint density at radius 3 is 2.62 bits per heavy atom. The lowest BCUT2D eigenvalue weighted by atomic mass is 10.1. The molecule has 6 heteroatoms. The lowest BCUT2D eigenvalue weighted by Crippen LogP contribution is -2.36. The molecule has 1 aromatic carbocycles. The van der Waals surface area contributed by atoms with Gasteiger partial charge < -0.3 is 4.90 Å². The standard InChI is InChI=1S/C18H21FN4O/c19-14-5-3-13(4-6-14)11-22-10-7-15-16(12-22)20-18(21-17(15)24)23-8-1-2-9-23/h3-6H,1-2,7-12H2,(H,20,21,24). The van der Waals surface area contributed by atoms with Gasteiger partial charge in [-0.05, 0) is 37.0 Å². The first kappa shape index (κ1) is 15.3. The van der Waals surface area contributed by atoms with E-state index in [0.717, 1.165) is 55.8 Å². The molecule has 0 atom stereocenters. The van der Waals surface area contributed by atoms with Crippen LogP contribution in [0.5, 0.6) is 0 Å². The van der Waals surface area contributed by atoms with Crippen LogP contribution in [0.4, 0.5) is 10.3 Å². The molecule has 1 saturated heterocycles. The molecular weight excluding hydrogens is 307 g/mol. The Morgan fingerprint density at radius 1 is 1.12 bits per heavy atom. The summed E-state index contributed by atoms with van der Waals surface area (Å²) in [4.78, 5) is 24.5. The summed E-state index contributed by atoms with van der Waals surface area (Å²) in [6.45, 7) is 4.14. The molecule has 2 aliphatic rings. The Morgan fingerprint density at radius 2 is 1.88 bits per heavy atom. The Hall–Kier alpha value is -2.21. The minimum atomic E-state index is -0.216. The molecule has 1 aromatic heterocycles. The van der Waals surface area contributed by atoms with Crippen LogP contribution in [-0.2, 0) is 19.5 Å². The molecule has 2 aliphatic heterocycles. The Balaban J connectivity index is 1.54. The summed E-state index contributed by atoms with van der Waals surface area (Å²) in [6.07, 6.45) is 3.01. The van der Waals surface area contributed by atoms with Crippen LogP contribution >= 0.6 is 0 Å². The molecule has 1 fully saturated rings. The van der Waals surface area contributed by atoms with Gasteiger partial charge in [-0.2, -0.15) is 0 Å². The van der Waals surface area contributed by atoms with Crippen molar-refractivity contribution in [2.45, 2.75) is 32.4 Å². The van der Waals surface area contributed by atoms with E-state index in [2.05, 4.69) is 14.8 Å². The lowest BCUT2D eigenvalue weighted by molar-refractivity contribution is 0.240. The highest BCUT2D eigenvalue weighted by atomic mass is 19.1. The van der Waals surface area contributed by atoms with Crippen LogP contribution in [0.25, 0.3) is 0 Å². The lowest BCUT2D eigenvalue weighted by Gasteiger charge is -2.28. The molecule has 0 radical (unpaired) electrons. The first-order valence-electron chi connectivity index (χ1n) is 8.53. The molecule has 0 unspecified atom stereocenters. The highest BCUT2D eigenvalue weighted by Crippen LogP contribution is 2.20. The molecule has 2 aromatic rings. The summed E-state index contributed by atoms with van der Waals surface area (Å²) < 4.78 is 13.0. The third kappa shape index (κ3) is 3.06. The number of fused-ring (bicyclic) bond motifs is 1. The summed E-state index contributed by atoms with van der Waals surface area (Å²) >= 11 is 0. The number of hydrogen-bond donors (Lipinski definition) is 1. The zero-order chi connectivity index (χ0) is 16.5. The highest BCUT2D eigenvalue weighted by molar-refractivity contribution is 5.35. The molecule has 126 valence electrons. The quantitative estimate of drug-likeness (QED) is 0.937. The van der Waals surface area contributed by atoms with E-state index in [4.69, 9.17) is 4.98 Å². The van der Waals surface area contributed by atoms with Gasteiger partial charge in [0.05, 0.1) is 5.69 Å². The van der Waals surface area contributed by atoms with Gasteiger partial charge in [0.25, 0.3) is 5.56 Å². The second kappa shape index (κ2) is 6.36. The Kier molecular flexibility index (Phi) is 4.06. The minimum absolute atomic E-state index is 0.00309. The largest absolute Gasteiger partial charge is 0.342 e. The third-order valence-electron chi connectivity index (χ3n) is 4.87. The fourth-order valence-corrected chi connectivity index (χ4v) is 3.54. The number of aromatic nitrogens is 2. The van der Waals surface area contributed by atoms with Crippen molar-refractivity contribution in [1.82, 2.24) is 14.9 Å². The molecular formula is C18H21FN4O. The van der Waals surface area contributed by atoms with Crippen LogP contribution in [0.15, 0.2) is 29.1 Å². The van der Waals surface area contributed by atoms with Crippen LogP contribution in [-0.4, -0.2) is 34.5 Å². The first-order chi connectivity index (χ1) is 11.7. The van der Waals surface area contributed by atoms with Crippen molar-refractivity contribution in [2.24, 2.45) is 0 Å². The third-order valence-corrected chi connectivity index (χ3v) is 4.87. The maximum Gasteiger partial charge on any atom is 0.255 e. The van der Waals surface area contributed by atoms with Crippen molar-refractivity contribution in [3.63, 3.8) is 0 Å². The molecule has 1 N–H and O–H groups in total. The van der Waals surface area contributed by atoms with Crippen LogP contribution in [0, 0.1) is 5.82 Å². The van der Waals surface area contributed by atoms with E-state index in [1.807, 2.05) is 12.1 Å². The van der Waals surface area contributed by atoms with Gasteiger partial charge in [0.15, 0.2) is 0 Å². The summed E-state index contributed by atoms with van der Waals surface area (Å²) in [7, 11) is 0. The number of hydrogen-bond acceptors (Lipinski definition) is 4. The van der Waals surface area contributed by atoms with E-state index in [1.165, 1.54) is 12.1 Å². The van der Waals surface area contributed by atoms with Gasteiger partial charge in [0.2, 0.25) is 5.95 Å². The van der Waals surface area contributed by atoms with E-state index < -0.39 is 0 Å². The maximum absolute atomic E-state index is 13.0. The van der Waals surface area contributed by atoms with E-state index in [0.29, 0.717) is 18.9 Å². The summed E-state index contributed by atoms with van der Waals surface area (Å²) in [5.41, 5.74) is 2.77. The van der Waals surface area contributed by atoms with Crippen molar-refractivity contribution in [3.05, 3.63) is 57.3 Å². The smallest absolute Gasteiger partial charge is 0.255 e. The molecule has 0 bridgehead atoms. The van der Waals surface area contributed by atoms with Crippen molar-refractivity contribution >= 4 is 5.95 Å². The van der Waals surface area contributed by atoms with E-state index in [1.54, 1.807) is 0 Å². The van der Waals surface area contributed by atoms with Gasteiger partial charge in [-0.25, -0.2) is 9.37 Å². The number of anilines is 1. The normalized spacial score (nSPS) is 18.0. The van der Waals surface area contributed by atoms with Gasteiger partial charge in [-0.1, -0.05) is 12.1 Å². The number of halogens is 1. The van der Waals surface area contributed by atoms with E-state index in [9.17, 15) is 9.18 Å². The minimum Gasteiger partial charge on any atom is -0.342 e. The molecule has 0 saturated carbocycles. The summed E-state index contributed by atoms with van der Waals surface area (Å²) in [5, 5.41) is 0. The zero-order valence-electron chi connectivity index (χ0n) is 13.6. The topological polar surface area (TPSA) is 52.2 Å². The van der Waals surface area contributed by atoms with Crippen LogP contribution in [0.3, 0.4) is 0 Å². The molecule has 0 aliphatic carbocycles. The Bertz CT molecular complexity index is 781. The van der Waals surface area contributed by atoms with Crippen molar-refractivity contribution < 1.29 is 4.39 Å². The fourth-order valence-electron chi connectivity index (χ4n) is 3.54. The van der Waals surface area contributed by atoms with Crippen LogP contribution in [0.1, 0.15) is 29.7 Å². The SMILES string of the molecule is O=c1[nH]c(N2CCCC2)nc2c1CCN(Cc1ccc(F)cc1)C2. The second-order valence-corrected chi connectivity index (χ2v) is 6.60. The predicted molar refractivity (Wildman–Crippen MR) is 90.5 cm³/mol. The highest BCUT2D eigenvalue weighted by Gasteiger charge is 2.23. The summed E-state index contributed by atoms with van der Waals surface area (Å²) in [6, 6.07) is 6.60. The van der Waals surface area contributed by atoms with Crippen molar-refractivity contribution in [1.29, 1.82) is 0 Å².